The molecule has 1 fully saturated rings. The van der Waals surface area contributed by atoms with Gasteiger partial charge in [-0.2, -0.15) is 0 Å². The molecule has 2 N–H and O–H groups in total. The lowest BCUT2D eigenvalue weighted by atomic mass is 10.3. The maximum absolute atomic E-state index is 12.0. The van der Waals surface area contributed by atoms with E-state index in [-0.39, 0.29) is 5.91 Å². The zero-order valence-electron chi connectivity index (χ0n) is 10.9. The van der Waals surface area contributed by atoms with Gasteiger partial charge in [0.15, 0.2) is 0 Å². The third-order valence-corrected chi connectivity index (χ3v) is 3.00. The Labute approximate surface area is 116 Å². The predicted molar refractivity (Wildman–Crippen MR) is 74.1 cm³/mol. The Hall–Kier alpha value is -2.50. The van der Waals surface area contributed by atoms with E-state index in [9.17, 15) is 4.79 Å². The molecule has 6 nitrogen and oxygen atoms in total. The highest BCUT2D eigenvalue weighted by Crippen LogP contribution is 2.23. The molecule has 0 aliphatic heterocycles. The molecule has 0 spiro atoms. The Bertz CT molecular complexity index is 598. The minimum absolute atomic E-state index is 0.213. The van der Waals surface area contributed by atoms with Crippen molar-refractivity contribution in [3.63, 3.8) is 0 Å². The van der Waals surface area contributed by atoms with Gasteiger partial charge in [-0.3, -0.25) is 9.78 Å². The maximum Gasteiger partial charge on any atom is 0.270 e. The summed E-state index contributed by atoms with van der Waals surface area (Å²) in [5.41, 5.74) is 1.32. The number of hydrogen-bond donors (Lipinski definition) is 2. The van der Waals surface area contributed by atoms with E-state index in [2.05, 4.69) is 25.6 Å². The lowest BCUT2D eigenvalue weighted by Gasteiger charge is -2.06. The number of nitrogens with one attached hydrogen (secondary N) is 2. The van der Waals surface area contributed by atoms with Crippen LogP contribution >= 0.6 is 0 Å². The number of aromatic nitrogens is 3. The van der Waals surface area contributed by atoms with Gasteiger partial charge in [0.2, 0.25) is 0 Å². The second kappa shape index (κ2) is 5.64. The lowest BCUT2D eigenvalue weighted by Crippen LogP contribution is -2.24. The van der Waals surface area contributed by atoms with Crippen LogP contribution < -0.4 is 10.6 Å². The Morgan fingerprint density at radius 3 is 3.00 bits per heavy atom. The predicted octanol–water partition coefficient (Wildman–Crippen LogP) is 1.38. The molecule has 6 heteroatoms. The molecule has 2 aromatic heterocycles. The third-order valence-electron chi connectivity index (χ3n) is 3.00. The van der Waals surface area contributed by atoms with E-state index in [1.165, 1.54) is 6.33 Å². The van der Waals surface area contributed by atoms with E-state index in [1.54, 1.807) is 18.5 Å². The van der Waals surface area contributed by atoms with Crippen LogP contribution in [0.25, 0.3) is 0 Å². The Balaban J connectivity index is 1.61. The largest absolute Gasteiger partial charge is 0.367 e. The molecule has 1 aliphatic rings. The van der Waals surface area contributed by atoms with E-state index in [4.69, 9.17) is 0 Å². The normalized spacial score (nSPS) is 13.8. The number of hydrogen-bond acceptors (Lipinski definition) is 5. The topological polar surface area (TPSA) is 79.8 Å². The number of carbonyl (C=O) groups is 1. The summed E-state index contributed by atoms with van der Waals surface area (Å²) in [7, 11) is 0. The summed E-state index contributed by atoms with van der Waals surface area (Å²) >= 11 is 0. The monoisotopic (exact) mass is 269 g/mol. The molecule has 1 saturated carbocycles. The minimum atomic E-state index is -0.213. The molecule has 0 saturated heterocycles. The Morgan fingerprint density at radius 2 is 2.25 bits per heavy atom. The average molecular weight is 269 g/mol. The van der Waals surface area contributed by atoms with Gasteiger partial charge < -0.3 is 10.6 Å². The minimum Gasteiger partial charge on any atom is -0.367 e. The molecular formula is C14H15N5O. The second-order valence-electron chi connectivity index (χ2n) is 4.75. The number of amides is 1. The lowest BCUT2D eigenvalue weighted by molar-refractivity contribution is 0.0945. The van der Waals surface area contributed by atoms with Crippen LogP contribution in [0, 0.1) is 0 Å². The van der Waals surface area contributed by atoms with Crippen molar-refractivity contribution >= 4 is 11.7 Å². The van der Waals surface area contributed by atoms with Gasteiger partial charge in [-0.15, -0.1) is 0 Å². The molecular weight excluding hydrogens is 254 g/mol. The summed E-state index contributed by atoms with van der Waals surface area (Å²) in [6.45, 7) is 0.433. The highest BCUT2D eigenvalue weighted by Gasteiger charge is 2.21. The first kappa shape index (κ1) is 12.5. The maximum atomic E-state index is 12.0. The third kappa shape index (κ3) is 3.28. The van der Waals surface area contributed by atoms with Crippen molar-refractivity contribution < 1.29 is 4.79 Å². The molecule has 1 amide bonds. The van der Waals surface area contributed by atoms with Crippen LogP contribution in [0.5, 0.6) is 0 Å². The van der Waals surface area contributed by atoms with Gasteiger partial charge in [-0.1, -0.05) is 6.07 Å². The molecule has 0 bridgehead atoms. The fourth-order valence-corrected chi connectivity index (χ4v) is 1.77. The Morgan fingerprint density at radius 1 is 1.35 bits per heavy atom. The second-order valence-corrected chi connectivity index (χ2v) is 4.75. The first-order valence-electron chi connectivity index (χ1n) is 6.57. The average Bonchev–Trinajstić information content (AvgIpc) is 3.30. The number of rotatable bonds is 5. The summed E-state index contributed by atoms with van der Waals surface area (Å²) in [5.74, 6) is 0.490. The van der Waals surface area contributed by atoms with E-state index >= 15 is 0 Å². The summed E-state index contributed by atoms with van der Waals surface area (Å²) in [6.07, 6.45) is 7.15. The van der Waals surface area contributed by atoms with Crippen LogP contribution in [0.1, 0.15) is 28.9 Å². The molecule has 2 aromatic rings. The van der Waals surface area contributed by atoms with Crippen molar-refractivity contribution in [3.05, 3.63) is 48.2 Å². The first-order valence-corrected chi connectivity index (χ1v) is 6.57. The van der Waals surface area contributed by atoms with Crippen LogP contribution in [0.2, 0.25) is 0 Å². The van der Waals surface area contributed by atoms with E-state index < -0.39 is 0 Å². The molecule has 1 aliphatic carbocycles. The molecule has 3 rings (SSSR count). The fourth-order valence-electron chi connectivity index (χ4n) is 1.77. The quantitative estimate of drug-likeness (QED) is 0.857. The summed E-state index contributed by atoms with van der Waals surface area (Å²) in [5, 5.41) is 6.06. The van der Waals surface area contributed by atoms with Crippen LogP contribution in [-0.2, 0) is 6.54 Å². The molecule has 102 valence electrons. The summed E-state index contributed by atoms with van der Waals surface area (Å²) < 4.78 is 0. The van der Waals surface area contributed by atoms with E-state index in [1.807, 2.05) is 12.1 Å². The van der Waals surface area contributed by atoms with Crippen molar-refractivity contribution in [3.8, 4) is 0 Å². The molecule has 20 heavy (non-hydrogen) atoms. The van der Waals surface area contributed by atoms with Gasteiger partial charge in [0, 0.05) is 31.0 Å². The SMILES string of the molecule is O=C(NCc1cccnc1)c1cc(NC2CC2)ncn1. The Kier molecular flexibility index (Phi) is 3.54. The van der Waals surface area contributed by atoms with Gasteiger partial charge >= 0.3 is 0 Å². The van der Waals surface area contributed by atoms with Gasteiger partial charge in [0.1, 0.15) is 17.8 Å². The van der Waals surface area contributed by atoms with Gasteiger partial charge in [-0.05, 0) is 24.5 Å². The summed E-state index contributed by atoms with van der Waals surface area (Å²) in [6, 6.07) is 5.92. The zero-order valence-corrected chi connectivity index (χ0v) is 10.9. The number of carbonyl (C=O) groups excluding carboxylic acids is 1. The smallest absolute Gasteiger partial charge is 0.270 e. The van der Waals surface area contributed by atoms with Gasteiger partial charge in [-0.25, -0.2) is 9.97 Å². The summed E-state index contributed by atoms with van der Waals surface area (Å²) in [4.78, 5) is 24.1. The molecule has 0 aromatic carbocycles. The van der Waals surface area contributed by atoms with Crippen molar-refractivity contribution in [1.29, 1.82) is 0 Å². The fraction of sp³-hybridized carbons (Fsp3) is 0.286. The highest BCUT2D eigenvalue weighted by atomic mass is 16.1. The van der Waals surface area contributed by atoms with Crippen LogP contribution in [0.15, 0.2) is 36.9 Å². The van der Waals surface area contributed by atoms with Crippen molar-refractivity contribution in [1.82, 2.24) is 20.3 Å². The molecule has 0 radical (unpaired) electrons. The zero-order chi connectivity index (χ0) is 13.8. The highest BCUT2D eigenvalue weighted by molar-refractivity contribution is 5.92. The van der Waals surface area contributed by atoms with Gasteiger partial charge in [0.05, 0.1) is 0 Å². The van der Waals surface area contributed by atoms with Gasteiger partial charge in [0.25, 0.3) is 5.91 Å². The molecule has 0 atom stereocenters. The van der Waals surface area contributed by atoms with Crippen LogP contribution in [0.4, 0.5) is 5.82 Å². The van der Waals surface area contributed by atoms with Crippen molar-refractivity contribution in [2.24, 2.45) is 0 Å². The standard InChI is InChI=1S/C14H15N5O/c20-14(16-8-10-2-1-5-15-7-10)12-6-13(18-9-17-12)19-11-3-4-11/h1-2,5-7,9,11H,3-4,8H2,(H,16,20)(H,17,18,19). The van der Waals surface area contributed by atoms with Crippen LogP contribution in [0.3, 0.4) is 0 Å². The number of nitrogens with zero attached hydrogens (tertiary/aromatic N) is 3. The molecule has 2 heterocycles. The number of pyridine rings is 1. The van der Waals surface area contributed by atoms with Crippen molar-refractivity contribution in [2.75, 3.05) is 5.32 Å². The van der Waals surface area contributed by atoms with Crippen LogP contribution in [-0.4, -0.2) is 26.9 Å². The first-order chi connectivity index (χ1) is 9.81. The van der Waals surface area contributed by atoms with E-state index in [0.29, 0.717) is 24.1 Å². The number of anilines is 1. The molecule has 0 unspecified atom stereocenters. The van der Waals surface area contributed by atoms with E-state index in [0.717, 1.165) is 18.4 Å². The van der Waals surface area contributed by atoms with Crippen molar-refractivity contribution in [2.45, 2.75) is 25.4 Å².